The molecule has 1 saturated carbocycles. The van der Waals surface area contributed by atoms with Crippen molar-refractivity contribution >= 4 is 34.3 Å². The molecule has 1 aromatic heterocycles. The first-order chi connectivity index (χ1) is 10.5. The number of carbonyl (C=O) groups excluding carboxylic acids is 1. The molecule has 1 heterocycles. The number of anilines is 1. The van der Waals surface area contributed by atoms with Gasteiger partial charge in [-0.3, -0.25) is 10.0 Å². The molecule has 2 aromatic rings. The van der Waals surface area contributed by atoms with E-state index in [1.54, 1.807) is 11.5 Å². The van der Waals surface area contributed by atoms with Gasteiger partial charge in [-0.1, -0.05) is 29.8 Å². The molecule has 0 spiro atoms. The summed E-state index contributed by atoms with van der Waals surface area (Å²) in [7, 11) is 0. The summed E-state index contributed by atoms with van der Waals surface area (Å²) in [5, 5.41) is 12.2. The summed E-state index contributed by atoms with van der Waals surface area (Å²) in [4.78, 5) is 15.7. The van der Waals surface area contributed by atoms with Crippen LogP contribution in [-0.2, 0) is 5.54 Å². The first-order valence-electron chi connectivity index (χ1n) is 6.99. The van der Waals surface area contributed by atoms with Crippen LogP contribution in [0.1, 0.15) is 34.3 Å². The van der Waals surface area contributed by atoms with Gasteiger partial charge in [0.15, 0.2) is 0 Å². The predicted octanol–water partition coefficient (Wildman–Crippen LogP) is 3.21. The Morgan fingerprint density at radius 3 is 2.55 bits per heavy atom. The Kier molecular flexibility index (Phi) is 4.05. The van der Waals surface area contributed by atoms with Crippen molar-refractivity contribution in [2.24, 2.45) is 0 Å². The Balaban J connectivity index is 1.84. The fourth-order valence-corrected chi connectivity index (χ4v) is 3.04. The highest BCUT2D eigenvalue weighted by Gasteiger charge is 2.44. The molecule has 22 heavy (non-hydrogen) atoms. The average molecular weight is 409 g/mol. The van der Waals surface area contributed by atoms with E-state index in [-0.39, 0.29) is 5.54 Å². The number of nitrogens with one attached hydrogen (secondary N) is 2. The van der Waals surface area contributed by atoms with Crippen LogP contribution in [0.5, 0.6) is 0 Å². The van der Waals surface area contributed by atoms with Crippen LogP contribution in [0, 0.1) is 10.5 Å². The normalized spacial score (nSPS) is 15.2. The second-order valence-corrected chi connectivity index (χ2v) is 6.73. The zero-order valence-corrected chi connectivity index (χ0v) is 14.2. The van der Waals surface area contributed by atoms with E-state index in [0.717, 1.165) is 22.2 Å². The van der Waals surface area contributed by atoms with E-state index in [9.17, 15) is 4.79 Å². The summed E-state index contributed by atoms with van der Waals surface area (Å²) < 4.78 is 0.845. The van der Waals surface area contributed by atoms with Gasteiger partial charge in [-0.25, -0.2) is 10.5 Å². The second-order valence-electron chi connectivity index (χ2n) is 5.57. The molecule has 1 fully saturated rings. The van der Waals surface area contributed by atoms with Gasteiger partial charge in [0, 0.05) is 6.20 Å². The summed E-state index contributed by atoms with van der Waals surface area (Å²) in [6.45, 7) is 2.08. The SMILES string of the molecule is Cc1ccc(C2(Nc3ncc(C(=O)NO)cc3I)CC2)cc1. The molecule has 1 aliphatic rings. The number of nitrogens with zero attached hydrogens (tertiary/aromatic N) is 1. The number of benzene rings is 1. The summed E-state index contributed by atoms with van der Waals surface area (Å²) in [5.74, 6) is 0.199. The van der Waals surface area contributed by atoms with Crippen LogP contribution in [0.15, 0.2) is 36.5 Å². The lowest BCUT2D eigenvalue weighted by Crippen LogP contribution is -2.22. The average Bonchev–Trinajstić information content (AvgIpc) is 3.30. The van der Waals surface area contributed by atoms with E-state index in [2.05, 4.69) is 64.1 Å². The lowest BCUT2D eigenvalue weighted by molar-refractivity contribution is 0.0706. The standard InChI is InChI=1S/C16H16IN3O2/c1-10-2-4-12(5-3-10)16(6-7-16)19-14-13(17)8-11(9-18-14)15(21)20-22/h2-5,8-9,22H,6-7H2,1H3,(H,18,19)(H,20,21). The molecule has 1 aliphatic carbocycles. The summed E-state index contributed by atoms with van der Waals surface area (Å²) >= 11 is 2.14. The van der Waals surface area contributed by atoms with Crippen LogP contribution < -0.4 is 10.8 Å². The Morgan fingerprint density at radius 1 is 1.32 bits per heavy atom. The number of aromatic nitrogens is 1. The third-order valence-corrected chi connectivity index (χ3v) is 4.74. The molecule has 5 nitrogen and oxygen atoms in total. The van der Waals surface area contributed by atoms with E-state index < -0.39 is 5.91 Å². The van der Waals surface area contributed by atoms with Crippen LogP contribution in [0.25, 0.3) is 0 Å². The topological polar surface area (TPSA) is 74.2 Å². The molecule has 3 N–H and O–H groups in total. The van der Waals surface area contributed by atoms with E-state index in [4.69, 9.17) is 5.21 Å². The van der Waals surface area contributed by atoms with Crippen molar-refractivity contribution in [1.82, 2.24) is 10.5 Å². The van der Waals surface area contributed by atoms with Gasteiger partial charge in [-0.15, -0.1) is 0 Å². The van der Waals surface area contributed by atoms with Gasteiger partial charge >= 0.3 is 0 Å². The Labute approximate surface area is 142 Å². The number of aryl methyl sites for hydroxylation is 1. The Bertz CT molecular complexity index is 712. The molecular weight excluding hydrogens is 393 g/mol. The highest BCUT2D eigenvalue weighted by Crippen LogP contribution is 2.48. The third-order valence-electron chi connectivity index (χ3n) is 3.92. The van der Waals surface area contributed by atoms with Crippen molar-refractivity contribution in [3.8, 4) is 0 Å². The molecule has 0 unspecified atom stereocenters. The molecular formula is C16H16IN3O2. The van der Waals surface area contributed by atoms with Gasteiger partial charge in [0.2, 0.25) is 0 Å². The number of rotatable bonds is 4. The molecule has 0 aliphatic heterocycles. The maximum atomic E-state index is 11.4. The number of hydrogen-bond acceptors (Lipinski definition) is 4. The van der Waals surface area contributed by atoms with Gasteiger partial charge in [-0.2, -0.15) is 0 Å². The molecule has 6 heteroatoms. The van der Waals surface area contributed by atoms with Crippen molar-refractivity contribution in [2.75, 3.05) is 5.32 Å². The van der Waals surface area contributed by atoms with E-state index in [1.165, 1.54) is 17.3 Å². The van der Waals surface area contributed by atoms with Crippen molar-refractivity contribution in [2.45, 2.75) is 25.3 Å². The minimum absolute atomic E-state index is 0.0542. The van der Waals surface area contributed by atoms with E-state index >= 15 is 0 Å². The molecule has 114 valence electrons. The van der Waals surface area contributed by atoms with Crippen molar-refractivity contribution in [3.05, 3.63) is 56.8 Å². The minimum atomic E-state index is -0.559. The highest BCUT2D eigenvalue weighted by molar-refractivity contribution is 14.1. The van der Waals surface area contributed by atoms with Gasteiger partial charge in [-0.05, 0) is 54.0 Å². The van der Waals surface area contributed by atoms with Crippen LogP contribution in [-0.4, -0.2) is 16.1 Å². The first-order valence-corrected chi connectivity index (χ1v) is 8.07. The zero-order chi connectivity index (χ0) is 15.7. The Hall–Kier alpha value is -1.67. The smallest absolute Gasteiger partial charge is 0.276 e. The van der Waals surface area contributed by atoms with E-state index in [1.807, 2.05) is 0 Å². The van der Waals surface area contributed by atoms with Crippen molar-refractivity contribution < 1.29 is 10.0 Å². The first kappa shape index (κ1) is 15.2. The van der Waals surface area contributed by atoms with Gasteiger partial charge in [0.05, 0.1) is 14.7 Å². The number of carbonyl (C=O) groups is 1. The van der Waals surface area contributed by atoms with Gasteiger partial charge in [0.1, 0.15) is 5.82 Å². The number of pyridine rings is 1. The number of hydrogen-bond donors (Lipinski definition) is 3. The lowest BCUT2D eigenvalue weighted by atomic mass is 10.0. The summed E-state index contributed by atoms with van der Waals surface area (Å²) in [6.07, 6.45) is 3.58. The third kappa shape index (κ3) is 2.93. The summed E-state index contributed by atoms with van der Waals surface area (Å²) in [5.41, 5.74) is 4.39. The number of hydroxylamine groups is 1. The quantitative estimate of drug-likeness (QED) is 0.412. The predicted molar refractivity (Wildman–Crippen MR) is 91.9 cm³/mol. The molecule has 0 bridgehead atoms. The fourth-order valence-electron chi connectivity index (χ4n) is 2.43. The maximum Gasteiger partial charge on any atom is 0.276 e. The van der Waals surface area contributed by atoms with Crippen LogP contribution in [0.4, 0.5) is 5.82 Å². The molecule has 0 radical (unpaired) electrons. The molecule has 0 saturated heterocycles. The maximum absolute atomic E-state index is 11.4. The largest absolute Gasteiger partial charge is 0.360 e. The highest BCUT2D eigenvalue weighted by atomic mass is 127. The molecule has 3 rings (SSSR count). The van der Waals surface area contributed by atoms with Gasteiger partial charge in [0.25, 0.3) is 5.91 Å². The molecule has 1 aromatic carbocycles. The number of halogens is 1. The van der Waals surface area contributed by atoms with Crippen LogP contribution in [0.2, 0.25) is 0 Å². The van der Waals surface area contributed by atoms with Crippen molar-refractivity contribution in [3.63, 3.8) is 0 Å². The zero-order valence-electron chi connectivity index (χ0n) is 12.1. The minimum Gasteiger partial charge on any atom is -0.360 e. The lowest BCUT2D eigenvalue weighted by Gasteiger charge is -2.20. The fraction of sp³-hybridized carbons (Fsp3) is 0.250. The molecule has 1 amide bonds. The Morgan fingerprint density at radius 2 is 2.00 bits per heavy atom. The number of amides is 1. The van der Waals surface area contributed by atoms with Crippen LogP contribution >= 0.6 is 22.6 Å². The van der Waals surface area contributed by atoms with E-state index in [0.29, 0.717) is 5.56 Å². The molecule has 0 atom stereocenters. The van der Waals surface area contributed by atoms with Gasteiger partial charge < -0.3 is 5.32 Å². The monoisotopic (exact) mass is 409 g/mol. The van der Waals surface area contributed by atoms with Crippen molar-refractivity contribution in [1.29, 1.82) is 0 Å². The van der Waals surface area contributed by atoms with Crippen LogP contribution in [0.3, 0.4) is 0 Å². The summed E-state index contributed by atoms with van der Waals surface area (Å²) in [6, 6.07) is 10.2. The second kappa shape index (κ2) is 5.85.